The molecule has 24 heavy (non-hydrogen) atoms. The first-order chi connectivity index (χ1) is 11.7. The van der Waals surface area contributed by atoms with E-state index in [2.05, 4.69) is 46.5 Å². The van der Waals surface area contributed by atoms with E-state index in [1.54, 1.807) is 0 Å². The number of aliphatic hydroxyl groups is 1. The first-order valence-electron chi connectivity index (χ1n) is 9.21. The Morgan fingerprint density at radius 3 is 2.67 bits per heavy atom. The lowest BCUT2D eigenvalue weighted by atomic mass is 10.1. The van der Waals surface area contributed by atoms with Gasteiger partial charge in [0.2, 0.25) is 0 Å². The van der Waals surface area contributed by atoms with Crippen molar-refractivity contribution in [3.05, 3.63) is 21.9 Å². The molecule has 0 bridgehead atoms. The second-order valence-corrected chi connectivity index (χ2v) is 7.52. The average Bonchev–Trinajstić information content (AvgIpc) is 3.06. The minimum absolute atomic E-state index is 0.0858. The number of nitrogens with one attached hydrogen (secondary N) is 2. The molecule has 1 aliphatic rings. The van der Waals surface area contributed by atoms with Crippen LogP contribution in [0.1, 0.15) is 42.9 Å². The molecule has 0 unspecified atom stereocenters. The SMILES string of the molecule is CCNC(=NCc1ccc(CC)s1)NCCCN1CCC(O)CC1. The molecular formula is C18H32N4OS. The predicted molar refractivity (Wildman–Crippen MR) is 103 cm³/mol. The van der Waals surface area contributed by atoms with Gasteiger partial charge in [0, 0.05) is 35.9 Å². The minimum Gasteiger partial charge on any atom is -0.393 e. The number of likely N-dealkylation sites (tertiary alicyclic amines) is 1. The van der Waals surface area contributed by atoms with Crippen LogP contribution >= 0.6 is 11.3 Å². The van der Waals surface area contributed by atoms with Gasteiger partial charge in [-0.15, -0.1) is 11.3 Å². The molecule has 1 fully saturated rings. The molecule has 5 nitrogen and oxygen atoms in total. The number of aliphatic imine (C=N–C) groups is 1. The van der Waals surface area contributed by atoms with Crippen molar-refractivity contribution < 1.29 is 5.11 Å². The third kappa shape index (κ3) is 6.79. The molecule has 3 N–H and O–H groups in total. The molecule has 2 rings (SSSR count). The Morgan fingerprint density at radius 1 is 1.25 bits per heavy atom. The number of hydrogen-bond acceptors (Lipinski definition) is 4. The number of nitrogens with zero attached hydrogens (tertiary/aromatic N) is 2. The molecule has 1 aliphatic heterocycles. The Morgan fingerprint density at radius 2 is 2.00 bits per heavy atom. The third-order valence-electron chi connectivity index (χ3n) is 4.30. The molecule has 0 radical (unpaired) electrons. The second-order valence-electron chi connectivity index (χ2n) is 6.27. The zero-order valence-corrected chi connectivity index (χ0v) is 15.9. The van der Waals surface area contributed by atoms with E-state index in [0.29, 0.717) is 0 Å². The summed E-state index contributed by atoms with van der Waals surface area (Å²) in [5.74, 6) is 0.901. The second kappa shape index (κ2) is 10.7. The lowest BCUT2D eigenvalue weighted by Crippen LogP contribution is -2.40. The number of hydrogen-bond donors (Lipinski definition) is 3. The Balaban J connectivity index is 1.69. The Bertz CT molecular complexity index is 495. The quantitative estimate of drug-likeness (QED) is 0.381. The maximum atomic E-state index is 9.54. The van der Waals surface area contributed by atoms with E-state index in [0.717, 1.165) is 70.9 Å². The van der Waals surface area contributed by atoms with Crippen LogP contribution in [0.15, 0.2) is 17.1 Å². The van der Waals surface area contributed by atoms with Crippen LogP contribution in [0.4, 0.5) is 0 Å². The molecule has 0 amide bonds. The summed E-state index contributed by atoms with van der Waals surface area (Å²) in [6.45, 7) is 9.95. The Hall–Kier alpha value is -1.11. The van der Waals surface area contributed by atoms with Gasteiger partial charge < -0.3 is 20.6 Å². The minimum atomic E-state index is -0.0858. The molecule has 1 saturated heterocycles. The number of thiophene rings is 1. The monoisotopic (exact) mass is 352 g/mol. The highest BCUT2D eigenvalue weighted by Gasteiger charge is 2.15. The maximum Gasteiger partial charge on any atom is 0.191 e. The van der Waals surface area contributed by atoms with Gasteiger partial charge in [0.15, 0.2) is 5.96 Å². The van der Waals surface area contributed by atoms with Crippen LogP contribution in [0, 0.1) is 0 Å². The fourth-order valence-electron chi connectivity index (χ4n) is 2.85. The summed E-state index contributed by atoms with van der Waals surface area (Å²) in [4.78, 5) is 9.86. The fourth-order valence-corrected chi connectivity index (χ4v) is 3.73. The average molecular weight is 353 g/mol. The predicted octanol–water partition coefficient (Wildman–Crippen LogP) is 2.21. The lowest BCUT2D eigenvalue weighted by Gasteiger charge is -2.29. The summed E-state index contributed by atoms with van der Waals surface area (Å²) in [5, 5.41) is 16.3. The molecule has 136 valence electrons. The van der Waals surface area contributed by atoms with E-state index in [-0.39, 0.29) is 6.10 Å². The standard InChI is InChI=1S/C18H32N4OS/c1-3-16-6-7-17(24-16)14-21-18(19-4-2)20-10-5-11-22-12-8-15(23)9-13-22/h6-7,15,23H,3-5,8-14H2,1-2H3,(H2,19,20,21). The van der Waals surface area contributed by atoms with Crippen LogP contribution in [-0.4, -0.2) is 54.8 Å². The van der Waals surface area contributed by atoms with E-state index >= 15 is 0 Å². The molecule has 0 aromatic carbocycles. The van der Waals surface area contributed by atoms with Crippen molar-refractivity contribution in [1.29, 1.82) is 0 Å². The summed E-state index contributed by atoms with van der Waals surface area (Å²) in [5.41, 5.74) is 0. The zero-order valence-electron chi connectivity index (χ0n) is 15.1. The number of aryl methyl sites for hydroxylation is 1. The van der Waals surface area contributed by atoms with Crippen LogP contribution in [-0.2, 0) is 13.0 Å². The lowest BCUT2D eigenvalue weighted by molar-refractivity contribution is 0.0823. The highest BCUT2D eigenvalue weighted by atomic mass is 32.1. The summed E-state index contributed by atoms with van der Waals surface area (Å²) in [7, 11) is 0. The largest absolute Gasteiger partial charge is 0.393 e. The van der Waals surface area contributed by atoms with E-state index in [1.807, 2.05) is 11.3 Å². The molecule has 6 heteroatoms. The maximum absolute atomic E-state index is 9.54. The van der Waals surface area contributed by atoms with Gasteiger partial charge in [-0.25, -0.2) is 4.99 Å². The van der Waals surface area contributed by atoms with Gasteiger partial charge in [-0.1, -0.05) is 6.92 Å². The van der Waals surface area contributed by atoms with Crippen LogP contribution in [0.3, 0.4) is 0 Å². The van der Waals surface area contributed by atoms with E-state index in [9.17, 15) is 5.11 Å². The van der Waals surface area contributed by atoms with Crippen molar-refractivity contribution in [2.24, 2.45) is 4.99 Å². The normalized spacial score (nSPS) is 17.2. The van der Waals surface area contributed by atoms with Gasteiger partial charge >= 0.3 is 0 Å². The number of rotatable bonds is 8. The van der Waals surface area contributed by atoms with Crippen molar-refractivity contribution in [2.45, 2.75) is 52.2 Å². The molecule has 0 aliphatic carbocycles. The first kappa shape index (κ1) is 19.2. The summed E-state index contributed by atoms with van der Waals surface area (Å²) < 4.78 is 0. The molecule has 0 spiro atoms. The van der Waals surface area contributed by atoms with Crippen LogP contribution < -0.4 is 10.6 Å². The van der Waals surface area contributed by atoms with Crippen molar-refractivity contribution in [3.8, 4) is 0 Å². The van der Waals surface area contributed by atoms with E-state index in [1.165, 1.54) is 9.75 Å². The summed E-state index contributed by atoms with van der Waals surface area (Å²) in [6.07, 6.45) is 3.94. The molecule has 0 saturated carbocycles. The topological polar surface area (TPSA) is 59.9 Å². The number of aliphatic hydroxyl groups excluding tert-OH is 1. The van der Waals surface area contributed by atoms with Gasteiger partial charge in [0.05, 0.1) is 12.6 Å². The first-order valence-corrected chi connectivity index (χ1v) is 10.0. The van der Waals surface area contributed by atoms with Crippen LogP contribution in [0.5, 0.6) is 0 Å². The highest BCUT2D eigenvalue weighted by molar-refractivity contribution is 7.11. The molecular weight excluding hydrogens is 320 g/mol. The van der Waals surface area contributed by atoms with Crippen LogP contribution in [0.25, 0.3) is 0 Å². The molecule has 1 aromatic rings. The van der Waals surface area contributed by atoms with Gasteiger partial charge in [-0.2, -0.15) is 0 Å². The summed E-state index contributed by atoms with van der Waals surface area (Å²) in [6, 6.07) is 4.38. The molecule has 0 atom stereocenters. The number of guanidine groups is 1. The highest BCUT2D eigenvalue weighted by Crippen LogP contribution is 2.17. The molecule has 2 heterocycles. The third-order valence-corrected chi connectivity index (χ3v) is 5.52. The van der Waals surface area contributed by atoms with E-state index < -0.39 is 0 Å². The Kier molecular flexibility index (Phi) is 8.56. The van der Waals surface area contributed by atoms with Gasteiger partial charge in [-0.05, 0) is 51.3 Å². The van der Waals surface area contributed by atoms with Gasteiger partial charge in [0.25, 0.3) is 0 Å². The number of piperidine rings is 1. The van der Waals surface area contributed by atoms with Gasteiger partial charge in [-0.3, -0.25) is 0 Å². The Labute approximate surface area is 150 Å². The summed E-state index contributed by atoms with van der Waals surface area (Å²) >= 11 is 1.85. The van der Waals surface area contributed by atoms with Crippen molar-refractivity contribution in [3.63, 3.8) is 0 Å². The molecule has 1 aromatic heterocycles. The van der Waals surface area contributed by atoms with Crippen molar-refractivity contribution in [1.82, 2.24) is 15.5 Å². The van der Waals surface area contributed by atoms with Crippen LogP contribution in [0.2, 0.25) is 0 Å². The van der Waals surface area contributed by atoms with E-state index in [4.69, 9.17) is 0 Å². The van der Waals surface area contributed by atoms with Gasteiger partial charge in [0.1, 0.15) is 0 Å². The smallest absolute Gasteiger partial charge is 0.191 e. The fraction of sp³-hybridized carbons (Fsp3) is 0.722. The zero-order chi connectivity index (χ0) is 17.2. The van der Waals surface area contributed by atoms with Crippen molar-refractivity contribution >= 4 is 17.3 Å². The van der Waals surface area contributed by atoms with Crippen molar-refractivity contribution in [2.75, 3.05) is 32.7 Å².